The molecule has 1 aromatic heterocycles. The van der Waals surface area contributed by atoms with Crippen LogP contribution in [0.3, 0.4) is 0 Å². The molecule has 1 aliphatic carbocycles. The number of hydrogen-bond donors (Lipinski definition) is 1. The van der Waals surface area contributed by atoms with E-state index in [1.54, 1.807) is 23.2 Å². The first-order chi connectivity index (χ1) is 11.4. The number of pyridine rings is 1. The standard InChI is InChI=1S/C17H20N4O3/c1-17(2)12(13(17)16(23)24)15(22)21-8-6-20(7-9-21)14-11(10-18)4-3-5-19-14/h3-5,12-13H,6-9H2,1-2H3,(H,23,24)/t12-,13-/m1/s1. The Balaban J connectivity index is 1.65. The molecule has 1 amide bonds. The Morgan fingerprint density at radius 2 is 1.96 bits per heavy atom. The van der Waals surface area contributed by atoms with E-state index in [-0.39, 0.29) is 5.91 Å². The summed E-state index contributed by atoms with van der Waals surface area (Å²) in [5.74, 6) is -1.37. The molecule has 0 bridgehead atoms. The lowest BCUT2D eigenvalue weighted by Crippen LogP contribution is -2.50. The van der Waals surface area contributed by atoms with Crippen LogP contribution < -0.4 is 4.90 Å². The van der Waals surface area contributed by atoms with E-state index < -0.39 is 23.2 Å². The molecule has 126 valence electrons. The molecule has 1 saturated carbocycles. The van der Waals surface area contributed by atoms with Gasteiger partial charge in [0.2, 0.25) is 5.91 Å². The maximum Gasteiger partial charge on any atom is 0.307 e. The van der Waals surface area contributed by atoms with Crippen LogP contribution in [-0.2, 0) is 9.59 Å². The minimum Gasteiger partial charge on any atom is -0.481 e. The minimum atomic E-state index is -0.899. The van der Waals surface area contributed by atoms with Crippen molar-refractivity contribution in [3.63, 3.8) is 0 Å². The molecular formula is C17H20N4O3. The van der Waals surface area contributed by atoms with Crippen molar-refractivity contribution in [3.05, 3.63) is 23.9 Å². The van der Waals surface area contributed by atoms with Crippen molar-refractivity contribution in [2.75, 3.05) is 31.1 Å². The Hall–Kier alpha value is -2.62. The Bertz CT molecular complexity index is 717. The second-order valence-corrected chi connectivity index (χ2v) is 6.91. The van der Waals surface area contributed by atoms with Gasteiger partial charge in [-0.05, 0) is 17.5 Å². The molecule has 1 aliphatic heterocycles. The summed E-state index contributed by atoms with van der Waals surface area (Å²) < 4.78 is 0. The van der Waals surface area contributed by atoms with Gasteiger partial charge in [0.25, 0.3) is 0 Å². The molecule has 2 heterocycles. The molecule has 1 aromatic rings. The Labute approximate surface area is 140 Å². The van der Waals surface area contributed by atoms with Gasteiger partial charge in [0, 0.05) is 32.4 Å². The van der Waals surface area contributed by atoms with Gasteiger partial charge in [-0.25, -0.2) is 4.98 Å². The number of rotatable bonds is 3. The number of nitrogens with zero attached hydrogens (tertiary/aromatic N) is 4. The molecule has 0 radical (unpaired) electrons. The smallest absolute Gasteiger partial charge is 0.307 e. The minimum absolute atomic E-state index is 0.0754. The SMILES string of the molecule is CC1(C)[C@@H](C(=O)O)[C@@H]1C(=O)N1CCN(c2ncccc2C#N)CC1. The van der Waals surface area contributed by atoms with Crippen molar-refractivity contribution in [3.8, 4) is 6.07 Å². The van der Waals surface area contributed by atoms with Crippen LogP contribution in [0.25, 0.3) is 0 Å². The van der Waals surface area contributed by atoms with E-state index >= 15 is 0 Å². The third-order valence-electron chi connectivity index (χ3n) is 5.16. The van der Waals surface area contributed by atoms with E-state index in [0.29, 0.717) is 37.6 Å². The van der Waals surface area contributed by atoms with Crippen LogP contribution in [0.1, 0.15) is 19.4 Å². The van der Waals surface area contributed by atoms with Gasteiger partial charge in [-0.15, -0.1) is 0 Å². The predicted octanol–water partition coefficient (Wildman–Crippen LogP) is 0.959. The van der Waals surface area contributed by atoms with E-state index in [2.05, 4.69) is 11.1 Å². The highest BCUT2D eigenvalue weighted by Gasteiger charge is 2.66. The van der Waals surface area contributed by atoms with Crippen LogP contribution in [-0.4, -0.2) is 53.0 Å². The van der Waals surface area contributed by atoms with Crippen molar-refractivity contribution < 1.29 is 14.7 Å². The summed E-state index contributed by atoms with van der Waals surface area (Å²) >= 11 is 0. The lowest BCUT2D eigenvalue weighted by Gasteiger charge is -2.36. The van der Waals surface area contributed by atoms with Gasteiger partial charge in [0.15, 0.2) is 0 Å². The highest BCUT2D eigenvalue weighted by Crippen LogP contribution is 2.59. The number of carboxylic acid groups (broad SMARTS) is 1. The summed E-state index contributed by atoms with van der Waals surface area (Å²) in [6.07, 6.45) is 1.65. The average molecular weight is 328 g/mol. The number of piperazine rings is 1. The number of aliphatic carboxylic acids is 1. The maximum absolute atomic E-state index is 12.6. The first-order valence-corrected chi connectivity index (χ1v) is 7.99. The van der Waals surface area contributed by atoms with Crippen LogP contribution in [0, 0.1) is 28.6 Å². The van der Waals surface area contributed by atoms with Crippen LogP contribution in [0.4, 0.5) is 5.82 Å². The van der Waals surface area contributed by atoms with E-state index in [9.17, 15) is 20.0 Å². The van der Waals surface area contributed by atoms with Crippen molar-refractivity contribution in [2.24, 2.45) is 17.3 Å². The van der Waals surface area contributed by atoms with Crippen LogP contribution >= 0.6 is 0 Å². The van der Waals surface area contributed by atoms with E-state index in [1.165, 1.54) is 0 Å². The number of nitriles is 1. The van der Waals surface area contributed by atoms with Crippen molar-refractivity contribution in [1.82, 2.24) is 9.88 Å². The number of carboxylic acids is 1. The monoisotopic (exact) mass is 328 g/mol. The zero-order valence-electron chi connectivity index (χ0n) is 13.8. The number of hydrogen-bond acceptors (Lipinski definition) is 5. The molecule has 2 atom stereocenters. The van der Waals surface area contributed by atoms with Crippen molar-refractivity contribution >= 4 is 17.7 Å². The highest BCUT2D eigenvalue weighted by atomic mass is 16.4. The fraction of sp³-hybridized carbons (Fsp3) is 0.529. The number of aromatic nitrogens is 1. The normalized spacial score (nSPS) is 25.0. The van der Waals surface area contributed by atoms with Crippen molar-refractivity contribution in [2.45, 2.75) is 13.8 Å². The molecule has 7 heteroatoms. The number of carbonyl (C=O) groups excluding carboxylic acids is 1. The second-order valence-electron chi connectivity index (χ2n) is 6.91. The van der Waals surface area contributed by atoms with E-state index in [1.807, 2.05) is 18.7 Å². The van der Waals surface area contributed by atoms with Crippen LogP contribution in [0.2, 0.25) is 0 Å². The number of amides is 1. The first-order valence-electron chi connectivity index (χ1n) is 7.99. The van der Waals surface area contributed by atoms with Crippen molar-refractivity contribution in [1.29, 1.82) is 5.26 Å². The highest BCUT2D eigenvalue weighted by molar-refractivity contribution is 5.91. The van der Waals surface area contributed by atoms with Gasteiger partial charge in [-0.3, -0.25) is 9.59 Å². The number of carbonyl (C=O) groups is 2. The second kappa shape index (κ2) is 5.78. The van der Waals surface area contributed by atoms with E-state index in [4.69, 9.17) is 0 Å². The quantitative estimate of drug-likeness (QED) is 0.887. The van der Waals surface area contributed by atoms with Gasteiger partial charge in [0.1, 0.15) is 11.9 Å². The summed E-state index contributed by atoms with van der Waals surface area (Å²) in [6, 6.07) is 5.59. The molecule has 1 saturated heterocycles. The van der Waals surface area contributed by atoms with Gasteiger partial charge in [0.05, 0.1) is 17.4 Å². The zero-order chi connectivity index (χ0) is 17.5. The van der Waals surface area contributed by atoms with E-state index in [0.717, 1.165) is 0 Å². The maximum atomic E-state index is 12.6. The predicted molar refractivity (Wildman–Crippen MR) is 86.1 cm³/mol. The molecule has 2 fully saturated rings. The Kier molecular flexibility index (Phi) is 3.91. The molecule has 2 aliphatic rings. The van der Waals surface area contributed by atoms with Gasteiger partial charge in [-0.1, -0.05) is 13.8 Å². The van der Waals surface area contributed by atoms with Gasteiger partial charge in [-0.2, -0.15) is 5.26 Å². The van der Waals surface area contributed by atoms with Gasteiger partial charge < -0.3 is 14.9 Å². The molecule has 7 nitrogen and oxygen atoms in total. The molecular weight excluding hydrogens is 308 g/mol. The molecule has 0 aromatic carbocycles. The fourth-order valence-electron chi connectivity index (χ4n) is 3.63. The lowest BCUT2D eigenvalue weighted by atomic mass is 10.1. The lowest BCUT2D eigenvalue weighted by molar-refractivity contribution is -0.142. The largest absolute Gasteiger partial charge is 0.481 e. The molecule has 24 heavy (non-hydrogen) atoms. The Morgan fingerprint density at radius 1 is 1.29 bits per heavy atom. The van der Waals surface area contributed by atoms with Crippen LogP contribution in [0.5, 0.6) is 0 Å². The van der Waals surface area contributed by atoms with Gasteiger partial charge >= 0.3 is 5.97 Å². The third kappa shape index (κ3) is 2.58. The third-order valence-corrected chi connectivity index (χ3v) is 5.16. The first kappa shape index (κ1) is 16.2. The Morgan fingerprint density at radius 3 is 2.50 bits per heavy atom. The molecule has 3 rings (SSSR count). The summed E-state index contributed by atoms with van der Waals surface area (Å²) in [6.45, 7) is 5.86. The average Bonchev–Trinajstić information content (AvgIpc) is 3.17. The fourth-order valence-corrected chi connectivity index (χ4v) is 3.63. The summed E-state index contributed by atoms with van der Waals surface area (Å²) in [5, 5.41) is 18.4. The summed E-state index contributed by atoms with van der Waals surface area (Å²) in [5.41, 5.74) is 0.0428. The zero-order valence-corrected chi connectivity index (χ0v) is 13.8. The number of anilines is 1. The van der Waals surface area contributed by atoms with Crippen LogP contribution in [0.15, 0.2) is 18.3 Å². The summed E-state index contributed by atoms with van der Waals surface area (Å²) in [7, 11) is 0. The summed E-state index contributed by atoms with van der Waals surface area (Å²) in [4.78, 5) is 31.9. The molecule has 0 spiro atoms. The molecule has 1 N–H and O–H groups in total. The molecule has 0 unspecified atom stereocenters. The topological polar surface area (TPSA) is 97.5 Å².